The molecule has 0 bridgehead atoms. The lowest BCUT2D eigenvalue weighted by Crippen LogP contribution is -2.32. The van der Waals surface area contributed by atoms with Crippen LogP contribution in [0.15, 0.2) is 6.07 Å². The van der Waals surface area contributed by atoms with Crippen LogP contribution in [0.3, 0.4) is 0 Å². The number of thiophene rings is 1. The van der Waals surface area contributed by atoms with Gasteiger partial charge in [0.1, 0.15) is 20.5 Å². The molecule has 1 fully saturated rings. The maximum absolute atomic E-state index is 11.4. The van der Waals surface area contributed by atoms with Crippen molar-refractivity contribution in [3.63, 3.8) is 0 Å². The molecule has 1 aliphatic rings. The van der Waals surface area contributed by atoms with E-state index in [0.29, 0.717) is 18.7 Å². The van der Waals surface area contributed by atoms with Gasteiger partial charge in [-0.3, -0.25) is 0 Å². The minimum Gasteiger partial charge on any atom is -0.368 e. The monoisotopic (exact) mass is 312 g/mol. The maximum Gasteiger partial charge on any atom is 0.223 e. The van der Waals surface area contributed by atoms with Gasteiger partial charge in [0, 0.05) is 10.9 Å². The molecule has 1 aliphatic heterocycles. The number of hydrogen-bond donors (Lipinski definition) is 2. The molecule has 108 valence electrons. The molecule has 0 amide bonds. The summed E-state index contributed by atoms with van der Waals surface area (Å²) in [5, 5.41) is 4.28. The quantitative estimate of drug-likeness (QED) is 0.873. The highest BCUT2D eigenvalue weighted by atomic mass is 32.2. The van der Waals surface area contributed by atoms with E-state index in [2.05, 4.69) is 15.3 Å². The zero-order valence-corrected chi connectivity index (χ0v) is 12.7. The van der Waals surface area contributed by atoms with Crippen molar-refractivity contribution >= 4 is 43.2 Å². The fourth-order valence-corrected chi connectivity index (χ4v) is 4.77. The van der Waals surface area contributed by atoms with Crippen LogP contribution in [0.5, 0.6) is 0 Å². The van der Waals surface area contributed by atoms with Gasteiger partial charge in [0.05, 0.1) is 16.9 Å². The van der Waals surface area contributed by atoms with E-state index in [-0.39, 0.29) is 23.5 Å². The molecule has 3 rings (SSSR count). The van der Waals surface area contributed by atoms with E-state index in [9.17, 15) is 8.42 Å². The summed E-state index contributed by atoms with van der Waals surface area (Å²) in [5.74, 6) is 1.42. The fourth-order valence-electron chi connectivity index (χ4n) is 2.40. The van der Waals surface area contributed by atoms with Crippen molar-refractivity contribution in [2.45, 2.75) is 25.8 Å². The first kappa shape index (κ1) is 13.6. The summed E-state index contributed by atoms with van der Waals surface area (Å²) in [6.07, 6.45) is 1.22. The van der Waals surface area contributed by atoms with Gasteiger partial charge in [-0.15, -0.1) is 11.3 Å². The molecule has 0 aliphatic carbocycles. The van der Waals surface area contributed by atoms with E-state index in [1.807, 2.05) is 13.0 Å². The molecule has 0 radical (unpaired) electrons. The number of hydrogen-bond acceptors (Lipinski definition) is 7. The lowest BCUT2D eigenvalue weighted by atomic mass is 10.1. The second-order valence-electron chi connectivity index (χ2n) is 5.08. The number of nitrogens with zero attached hydrogens (tertiary/aromatic N) is 2. The highest BCUT2D eigenvalue weighted by molar-refractivity contribution is 7.91. The number of nitrogens with one attached hydrogen (secondary N) is 1. The Kier molecular flexibility index (Phi) is 3.29. The number of aryl methyl sites for hydroxylation is 1. The third-order valence-corrected chi connectivity index (χ3v) is 6.09. The van der Waals surface area contributed by atoms with Crippen LogP contribution < -0.4 is 11.1 Å². The number of nitrogen functional groups attached to an aromatic ring is 1. The van der Waals surface area contributed by atoms with Gasteiger partial charge >= 0.3 is 0 Å². The summed E-state index contributed by atoms with van der Waals surface area (Å²) >= 11 is 1.58. The maximum atomic E-state index is 11.4. The Bertz CT molecular complexity index is 740. The molecule has 2 aromatic heterocycles. The van der Waals surface area contributed by atoms with Gasteiger partial charge in [-0.05, 0) is 25.8 Å². The summed E-state index contributed by atoms with van der Waals surface area (Å²) in [4.78, 5) is 10.5. The third kappa shape index (κ3) is 2.71. The lowest BCUT2D eigenvalue weighted by Gasteiger charge is -2.23. The topological polar surface area (TPSA) is 98.0 Å². The van der Waals surface area contributed by atoms with E-state index < -0.39 is 9.84 Å². The van der Waals surface area contributed by atoms with Crippen LogP contribution in [0.25, 0.3) is 10.2 Å². The van der Waals surface area contributed by atoms with Crippen molar-refractivity contribution in [2.75, 3.05) is 22.6 Å². The average Bonchev–Trinajstić information content (AvgIpc) is 2.72. The molecule has 8 heteroatoms. The molecule has 0 spiro atoms. The average molecular weight is 312 g/mol. The van der Waals surface area contributed by atoms with Crippen LogP contribution in [-0.4, -0.2) is 35.9 Å². The Balaban J connectivity index is 1.87. The van der Waals surface area contributed by atoms with Crippen molar-refractivity contribution in [3.05, 3.63) is 10.9 Å². The number of rotatable bonds is 2. The number of fused-ring (bicyclic) bond motifs is 1. The van der Waals surface area contributed by atoms with E-state index in [1.54, 1.807) is 11.3 Å². The van der Waals surface area contributed by atoms with Crippen LogP contribution in [0.1, 0.15) is 17.7 Å². The summed E-state index contributed by atoms with van der Waals surface area (Å²) in [6, 6.07) is 2.15. The van der Waals surface area contributed by atoms with Gasteiger partial charge in [0.25, 0.3) is 0 Å². The third-order valence-electron chi connectivity index (χ3n) is 3.43. The van der Waals surface area contributed by atoms with Crippen molar-refractivity contribution in [2.24, 2.45) is 0 Å². The minimum absolute atomic E-state index is 0.122. The van der Waals surface area contributed by atoms with E-state index in [4.69, 9.17) is 5.73 Å². The van der Waals surface area contributed by atoms with Gasteiger partial charge < -0.3 is 11.1 Å². The van der Waals surface area contributed by atoms with Gasteiger partial charge in [-0.1, -0.05) is 0 Å². The number of nitrogens with two attached hydrogens (primary N) is 1. The van der Waals surface area contributed by atoms with Crippen LogP contribution >= 0.6 is 11.3 Å². The molecular formula is C12H16N4O2S2. The Morgan fingerprint density at radius 2 is 2.05 bits per heavy atom. The molecule has 3 N–H and O–H groups in total. The molecule has 0 atom stereocenters. The summed E-state index contributed by atoms with van der Waals surface area (Å²) < 4.78 is 22.9. The first-order valence-corrected chi connectivity index (χ1v) is 9.07. The van der Waals surface area contributed by atoms with E-state index >= 15 is 0 Å². The van der Waals surface area contributed by atoms with Gasteiger partial charge in [0.15, 0.2) is 0 Å². The normalized spacial score (nSPS) is 19.2. The Hall–Kier alpha value is -1.41. The Labute approximate surface area is 121 Å². The fraction of sp³-hybridized carbons (Fsp3) is 0.500. The van der Waals surface area contributed by atoms with Crippen molar-refractivity contribution in [1.82, 2.24) is 9.97 Å². The molecule has 1 saturated heterocycles. The number of anilines is 2. The lowest BCUT2D eigenvalue weighted by molar-refractivity contribution is 0.559. The largest absolute Gasteiger partial charge is 0.368 e. The molecule has 0 saturated carbocycles. The second kappa shape index (κ2) is 4.85. The second-order valence-corrected chi connectivity index (χ2v) is 8.62. The Morgan fingerprint density at radius 1 is 1.35 bits per heavy atom. The van der Waals surface area contributed by atoms with E-state index in [0.717, 1.165) is 15.1 Å². The molecule has 0 unspecified atom stereocenters. The number of aromatic nitrogens is 2. The zero-order valence-electron chi connectivity index (χ0n) is 11.1. The van der Waals surface area contributed by atoms with Gasteiger partial charge in [0.2, 0.25) is 5.95 Å². The molecule has 20 heavy (non-hydrogen) atoms. The smallest absolute Gasteiger partial charge is 0.223 e. The highest BCUT2D eigenvalue weighted by Crippen LogP contribution is 2.30. The van der Waals surface area contributed by atoms with Crippen molar-refractivity contribution in [3.8, 4) is 0 Å². The van der Waals surface area contributed by atoms with Crippen LogP contribution in [0, 0.1) is 6.92 Å². The van der Waals surface area contributed by atoms with Crippen LogP contribution in [0.2, 0.25) is 0 Å². The van der Waals surface area contributed by atoms with Crippen molar-refractivity contribution in [1.29, 1.82) is 0 Å². The van der Waals surface area contributed by atoms with Gasteiger partial charge in [-0.25, -0.2) is 13.4 Å². The molecular weight excluding hydrogens is 296 g/mol. The predicted octanol–water partition coefficient (Wildman–Crippen LogP) is 1.57. The standard InChI is InChI=1S/C12H16N4O2S2/c1-7-6-9-10(15-12(13)16-11(9)19-7)14-8-2-4-20(17,18)5-3-8/h6,8H,2-5H2,1H3,(H3,13,14,15,16). The molecule has 3 heterocycles. The zero-order chi connectivity index (χ0) is 14.3. The summed E-state index contributed by atoms with van der Waals surface area (Å²) in [5.41, 5.74) is 5.73. The van der Waals surface area contributed by atoms with E-state index in [1.165, 1.54) is 0 Å². The van der Waals surface area contributed by atoms with Crippen molar-refractivity contribution < 1.29 is 8.42 Å². The molecule has 2 aromatic rings. The Morgan fingerprint density at radius 3 is 2.75 bits per heavy atom. The highest BCUT2D eigenvalue weighted by Gasteiger charge is 2.24. The first-order valence-electron chi connectivity index (χ1n) is 6.43. The van der Waals surface area contributed by atoms with Crippen LogP contribution in [-0.2, 0) is 9.84 Å². The molecule has 0 aromatic carbocycles. The number of sulfone groups is 1. The summed E-state index contributed by atoms with van der Waals surface area (Å²) in [6.45, 7) is 2.01. The van der Waals surface area contributed by atoms with Gasteiger partial charge in [-0.2, -0.15) is 4.98 Å². The SMILES string of the molecule is Cc1cc2c(NC3CCS(=O)(=O)CC3)nc(N)nc2s1. The predicted molar refractivity (Wildman–Crippen MR) is 81.9 cm³/mol. The minimum atomic E-state index is -2.85. The van der Waals surface area contributed by atoms with Crippen LogP contribution in [0.4, 0.5) is 11.8 Å². The first-order chi connectivity index (χ1) is 9.43. The summed E-state index contributed by atoms with van der Waals surface area (Å²) in [7, 11) is -2.85. The molecule has 6 nitrogen and oxygen atoms in total.